The lowest BCUT2D eigenvalue weighted by Crippen LogP contribution is -2.32. The molecule has 1 heterocycles. The van der Waals surface area contributed by atoms with Crippen LogP contribution in [0.5, 0.6) is 0 Å². The summed E-state index contributed by atoms with van der Waals surface area (Å²) in [6, 6.07) is 4.83. The summed E-state index contributed by atoms with van der Waals surface area (Å²) in [6.07, 6.45) is 4.41. The average molecular weight is 263 g/mol. The minimum absolute atomic E-state index is 0.158. The van der Waals surface area contributed by atoms with E-state index in [1.807, 2.05) is 11.8 Å². The normalized spacial score (nSPS) is 20.2. The Balaban J connectivity index is 2.10. The third kappa shape index (κ3) is 3.34. The van der Waals surface area contributed by atoms with Crippen molar-refractivity contribution in [1.29, 1.82) is 0 Å². The Morgan fingerprint density at radius 2 is 2.16 bits per heavy atom. The molecule has 19 heavy (non-hydrogen) atoms. The number of carbonyl (C=O) groups excluding carboxylic acids is 1. The number of hydrogen-bond donors (Lipinski definition) is 0. The van der Waals surface area contributed by atoms with Crippen molar-refractivity contribution in [2.24, 2.45) is 5.92 Å². The van der Waals surface area contributed by atoms with Crippen LogP contribution in [0, 0.1) is 18.7 Å². The van der Waals surface area contributed by atoms with Crippen LogP contribution < -0.4 is 0 Å². The standard InChI is InChI=1S/C16H22FNO/c1-3-13-5-4-9-18(10-8-13)16(19)14-7-6-12(2)11-15(14)17/h6-7,11,13H,3-5,8-10H2,1-2H3. The first-order chi connectivity index (χ1) is 9.11. The van der Waals surface area contributed by atoms with Gasteiger partial charge in [-0.25, -0.2) is 4.39 Å². The molecule has 2 rings (SSSR count). The molecule has 1 aliphatic heterocycles. The van der Waals surface area contributed by atoms with Gasteiger partial charge in [0.2, 0.25) is 0 Å². The number of benzene rings is 1. The van der Waals surface area contributed by atoms with Gasteiger partial charge in [-0.1, -0.05) is 19.4 Å². The van der Waals surface area contributed by atoms with Gasteiger partial charge in [0, 0.05) is 13.1 Å². The molecule has 0 spiro atoms. The van der Waals surface area contributed by atoms with Crippen LogP contribution in [0.3, 0.4) is 0 Å². The molecule has 0 aromatic heterocycles. The van der Waals surface area contributed by atoms with Gasteiger partial charge in [-0.05, 0) is 49.8 Å². The number of nitrogens with zero attached hydrogens (tertiary/aromatic N) is 1. The zero-order chi connectivity index (χ0) is 13.8. The number of aryl methyl sites for hydroxylation is 1. The summed E-state index contributed by atoms with van der Waals surface area (Å²) in [5, 5.41) is 0. The fourth-order valence-electron chi connectivity index (χ4n) is 2.74. The molecule has 0 saturated carbocycles. The Bertz CT molecular complexity index is 458. The monoisotopic (exact) mass is 263 g/mol. The van der Waals surface area contributed by atoms with Gasteiger partial charge in [0.15, 0.2) is 0 Å². The minimum atomic E-state index is -0.402. The smallest absolute Gasteiger partial charge is 0.256 e. The quantitative estimate of drug-likeness (QED) is 0.795. The minimum Gasteiger partial charge on any atom is -0.339 e. The molecule has 0 aliphatic carbocycles. The maximum atomic E-state index is 13.9. The predicted octanol–water partition coefficient (Wildman–Crippen LogP) is 3.79. The van der Waals surface area contributed by atoms with E-state index in [1.165, 1.54) is 18.9 Å². The first kappa shape index (κ1) is 14.0. The molecule has 2 nitrogen and oxygen atoms in total. The van der Waals surface area contributed by atoms with E-state index >= 15 is 0 Å². The second-order valence-electron chi connectivity index (χ2n) is 5.48. The van der Waals surface area contributed by atoms with Crippen LogP contribution in [-0.4, -0.2) is 23.9 Å². The first-order valence-electron chi connectivity index (χ1n) is 7.17. The summed E-state index contributed by atoms with van der Waals surface area (Å²) in [4.78, 5) is 14.2. The van der Waals surface area contributed by atoms with Crippen molar-refractivity contribution in [3.63, 3.8) is 0 Å². The first-order valence-corrected chi connectivity index (χ1v) is 7.17. The summed E-state index contributed by atoms with van der Waals surface area (Å²) in [6.45, 7) is 5.53. The summed E-state index contributed by atoms with van der Waals surface area (Å²) in [5.41, 5.74) is 1.05. The van der Waals surface area contributed by atoms with Gasteiger partial charge in [-0.3, -0.25) is 4.79 Å². The highest BCUT2D eigenvalue weighted by molar-refractivity contribution is 5.94. The van der Waals surface area contributed by atoms with Crippen LogP contribution in [0.1, 0.15) is 48.5 Å². The van der Waals surface area contributed by atoms with Gasteiger partial charge in [-0.15, -0.1) is 0 Å². The summed E-state index contributed by atoms with van der Waals surface area (Å²) < 4.78 is 13.9. The molecular formula is C16H22FNO. The number of amides is 1. The van der Waals surface area contributed by atoms with Crippen LogP contribution in [0.15, 0.2) is 18.2 Å². The van der Waals surface area contributed by atoms with Gasteiger partial charge in [0.25, 0.3) is 5.91 Å². The van der Waals surface area contributed by atoms with Crippen molar-refractivity contribution in [3.8, 4) is 0 Å². The zero-order valence-electron chi connectivity index (χ0n) is 11.8. The topological polar surface area (TPSA) is 20.3 Å². The summed E-state index contributed by atoms with van der Waals surface area (Å²) >= 11 is 0. The van der Waals surface area contributed by atoms with Crippen molar-refractivity contribution in [1.82, 2.24) is 4.90 Å². The second-order valence-corrected chi connectivity index (χ2v) is 5.48. The zero-order valence-corrected chi connectivity index (χ0v) is 11.8. The van der Waals surface area contributed by atoms with E-state index in [-0.39, 0.29) is 11.5 Å². The van der Waals surface area contributed by atoms with E-state index in [1.54, 1.807) is 12.1 Å². The number of carbonyl (C=O) groups is 1. The Hall–Kier alpha value is -1.38. The van der Waals surface area contributed by atoms with Crippen LogP contribution >= 0.6 is 0 Å². The number of halogens is 1. The molecule has 104 valence electrons. The van der Waals surface area contributed by atoms with Crippen LogP contribution in [0.25, 0.3) is 0 Å². The Morgan fingerprint density at radius 1 is 1.37 bits per heavy atom. The maximum Gasteiger partial charge on any atom is 0.256 e. The molecule has 1 unspecified atom stereocenters. The van der Waals surface area contributed by atoms with Crippen molar-refractivity contribution in [3.05, 3.63) is 35.1 Å². The third-order valence-corrected chi connectivity index (χ3v) is 4.07. The Morgan fingerprint density at radius 3 is 2.84 bits per heavy atom. The number of likely N-dealkylation sites (tertiary alicyclic amines) is 1. The molecule has 1 fully saturated rings. The molecule has 0 radical (unpaired) electrons. The highest BCUT2D eigenvalue weighted by atomic mass is 19.1. The average Bonchev–Trinajstić information content (AvgIpc) is 2.63. The molecule has 3 heteroatoms. The predicted molar refractivity (Wildman–Crippen MR) is 74.7 cm³/mol. The van der Waals surface area contributed by atoms with Crippen molar-refractivity contribution in [2.45, 2.75) is 39.5 Å². The Labute approximate surface area is 114 Å². The number of rotatable bonds is 2. The van der Waals surface area contributed by atoms with Crippen LogP contribution in [0.4, 0.5) is 4.39 Å². The second kappa shape index (κ2) is 6.18. The fourth-order valence-corrected chi connectivity index (χ4v) is 2.74. The van der Waals surface area contributed by atoms with Crippen molar-refractivity contribution in [2.75, 3.05) is 13.1 Å². The summed E-state index contributed by atoms with van der Waals surface area (Å²) in [5.74, 6) is 0.149. The maximum absolute atomic E-state index is 13.9. The summed E-state index contributed by atoms with van der Waals surface area (Å²) in [7, 11) is 0. The third-order valence-electron chi connectivity index (χ3n) is 4.07. The molecule has 1 aliphatic rings. The van der Waals surface area contributed by atoms with Gasteiger partial charge in [0.1, 0.15) is 5.82 Å². The molecular weight excluding hydrogens is 241 g/mol. The fraction of sp³-hybridized carbons (Fsp3) is 0.562. The Kier molecular flexibility index (Phi) is 4.56. The number of hydrogen-bond acceptors (Lipinski definition) is 1. The van der Waals surface area contributed by atoms with Gasteiger partial charge >= 0.3 is 0 Å². The van der Waals surface area contributed by atoms with E-state index in [2.05, 4.69) is 6.92 Å². The molecule has 1 aromatic rings. The van der Waals surface area contributed by atoms with Crippen molar-refractivity contribution >= 4 is 5.91 Å². The van der Waals surface area contributed by atoms with Crippen LogP contribution in [-0.2, 0) is 0 Å². The lowest BCUT2D eigenvalue weighted by atomic mass is 9.98. The molecule has 1 amide bonds. The van der Waals surface area contributed by atoms with Crippen molar-refractivity contribution < 1.29 is 9.18 Å². The lowest BCUT2D eigenvalue weighted by molar-refractivity contribution is 0.0755. The van der Waals surface area contributed by atoms with Crippen LogP contribution in [0.2, 0.25) is 0 Å². The van der Waals surface area contributed by atoms with Gasteiger partial charge in [-0.2, -0.15) is 0 Å². The van der Waals surface area contributed by atoms with E-state index in [9.17, 15) is 9.18 Å². The van der Waals surface area contributed by atoms with E-state index < -0.39 is 5.82 Å². The lowest BCUT2D eigenvalue weighted by Gasteiger charge is -2.21. The van der Waals surface area contributed by atoms with Gasteiger partial charge < -0.3 is 4.90 Å². The molecule has 1 aromatic carbocycles. The van der Waals surface area contributed by atoms with E-state index in [0.717, 1.165) is 31.5 Å². The highest BCUT2D eigenvalue weighted by Gasteiger charge is 2.22. The SMILES string of the molecule is CCC1CCCN(C(=O)c2ccc(C)cc2F)CC1. The van der Waals surface area contributed by atoms with E-state index in [4.69, 9.17) is 0 Å². The highest BCUT2D eigenvalue weighted by Crippen LogP contribution is 2.22. The van der Waals surface area contributed by atoms with Gasteiger partial charge in [0.05, 0.1) is 5.56 Å². The molecule has 0 bridgehead atoms. The largest absolute Gasteiger partial charge is 0.339 e. The molecule has 1 saturated heterocycles. The molecule has 0 N–H and O–H groups in total. The molecule has 1 atom stereocenters. The van der Waals surface area contributed by atoms with E-state index in [0.29, 0.717) is 5.92 Å².